The normalized spacial score (nSPS) is 31.9. The number of rotatable bonds is 6. The molecule has 8 nitrogen and oxygen atoms in total. The van der Waals surface area contributed by atoms with Crippen LogP contribution in [0.4, 0.5) is 0 Å². The first kappa shape index (κ1) is 23.6. The Bertz CT molecular complexity index is 1130. The molecule has 1 aromatic carbocycles. The van der Waals surface area contributed by atoms with Gasteiger partial charge in [-0.3, -0.25) is 29.0 Å². The van der Waals surface area contributed by atoms with E-state index in [9.17, 15) is 24.3 Å². The highest BCUT2D eigenvalue weighted by Crippen LogP contribution is 2.59. The second-order valence-electron chi connectivity index (χ2n) is 10.1. The van der Waals surface area contributed by atoms with Gasteiger partial charge in [0.1, 0.15) is 11.5 Å². The van der Waals surface area contributed by atoms with E-state index < -0.39 is 29.6 Å². The molecule has 0 unspecified atom stereocenters. The zero-order chi connectivity index (χ0) is 25.0. The van der Waals surface area contributed by atoms with Crippen molar-refractivity contribution in [1.29, 1.82) is 0 Å². The fourth-order valence-corrected chi connectivity index (χ4v) is 6.86. The Balaban J connectivity index is 1.64. The van der Waals surface area contributed by atoms with Gasteiger partial charge in [0.2, 0.25) is 23.6 Å². The van der Waals surface area contributed by atoms with Gasteiger partial charge in [0.25, 0.3) is 0 Å². The predicted octanol–water partition coefficient (Wildman–Crippen LogP) is 2.86. The minimum Gasteiger partial charge on any atom is -0.508 e. The van der Waals surface area contributed by atoms with Crippen LogP contribution in [0.5, 0.6) is 11.5 Å². The highest BCUT2D eigenvalue weighted by Gasteiger charge is 2.61. The average molecular weight is 481 g/mol. The lowest BCUT2D eigenvalue weighted by Crippen LogP contribution is -2.43. The van der Waals surface area contributed by atoms with Crippen LogP contribution in [0.2, 0.25) is 0 Å². The number of hydrogen-bond acceptors (Lipinski definition) is 6. The minimum absolute atomic E-state index is 0.0221. The van der Waals surface area contributed by atoms with E-state index in [2.05, 4.69) is 0 Å². The summed E-state index contributed by atoms with van der Waals surface area (Å²) in [6, 6.07) is 4.91. The fraction of sp³-hybridized carbons (Fsp3) is 0.556. The van der Waals surface area contributed by atoms with Crippen molar-refractivity contribution >= 4 is 23.6 Å². The molecule has 4 aliphatic rings. The SMILES string of the molecule is CCCN1C(=O)[C@H]2[C@H](CC=C3[C@H]2C[C@H]2C(=O)N(CCC)C(=O)[C@H]2[C@H]3c2cc(OC)ccc2O)C1=O. The van der Waals surface area contributed by atoms with Crippen LogP contribution in [0.15, 0.2) is 29.8 Å². The first-order chi connectivity index (χ1) is 16.8. The highest BCUT2D eigenvalue weighted by atomic mass is 16.5. The van der Waals surface area contributed by atoms with Gasteiger partial charge in [0.15, 0.2) is 0 Å². The molecule has 1 N–H and O–H groups in total. The van der Waals surface area contributed by atoms with E-state index in [1.807, 2.05) is 19.9 Å². The monoisotopic (exact) mass is 480 g/mol. The smallest absolute Gasteiger partial charge is 0.234 e. The van der Waals surface area contributed by atoms with E-state index in [4.69, 9.17) is 4.74 Å². The number of imide groups is 2. The molecular weight excluding hydrogens is 448 g/mol. The van der Waals surface area contributed by atoms with E-state index in [1.54, 1.807) is 12.1 Å². The molecule has 186 valence electrons. The fourth-order valence-electron chi connectivity index (χ4n) is 6.86. The Morgan fingerprint density at radius 1 is 0.886 bits per heavy atom. The molecule has 8 heteroatoms. The van der Waals surface area contributed by atoms with Crippen molar-refractivity contribution < 1.29 is 29.0 Å². The van der Waals surface area contributed by atoms with E-state index in [-0.39, 0.29) is 35.3 Å². The molecule has 1 saturated carbocycles. The Morgan fingerprint density at radius 2 is 1.51 bits per heavy atom. The second-order valence-corrected chi connectivity index (χ2v) is 10.1. The van der Waals surface area contributed by atoms with E-state index in [1.165, 1.54) is 23.0 Å². The number of ether oxygens (including phenoxy) is 1. The number of hydrogen-bond donors (Lipinski definition) is 1. The van der Waals surface area contributed by atoms with E-state index >= 15 is 0 Å². The summed E-state index contributed by atoms with van der Waals surface area (Å²) < 4.78 is 5.40. The number of allylic oxidation sites excluding steroid dienone is 2. The summed E-state index contributed by atoms with van der Waals surface area (Å²) in [6.07, 6.45) is 4.11. The third-order valence-electron chi connectivity index (χ3n) is 8.30. The second kappa shape index (κ2) is 8.81. The quantitative estimate of drug-likeness (QED) is 0.496. The molecule has 0 spiro atoms. The first-order valence-electron chi connectivity index (χ1n) is 12.6. The van der Waals surface area contributed by atoms with Crippen LogP contribution < -0.4 is 4.74 Å². The van der Waals surface area contributed by atoms with Gasteiger partial charge in [-0.05, 0) is 49.8 Å². The molecule has 1 aromatic rings. The number of phenolic OH excluding ortho intramolecular Hbond substituents is 1. The van der Waals surface area contributed by atoms with Crippen LogP contribution >= 0.6 is 0 Å². The van der Waals surface area contributed by atoms with Gasteiger partial charge in [-0.2, -0.15) is 0 Å². The lowest BCUT2D eigenvalue weighted by Gasteiger charge is -2.44. The number of carbonyl (C=O) groups is 4. The standard InChI is InChI=1S/C27H32N2O6/c1-4-10-28-24(31)16-8-7-15-17(22(16)26(28)33)13-19-23(27(34)29(11-5-2)25(19)32)21(15)18-12-14(35-3)6-9-20(18)30/h6-7,9,12,16-17,19,21-23,30H,4-5,8,10-11,13H2,1-3H3/t16-,17+,19+,21+,22-,23+/m0/s1. The van der Waals surface area contributed by atoms with Gasteiger partial charge >= 0.3 is 0 Å². The summed E-state index contributed by atoms with van der Waals surface area (Å²) in [6.45, 7) is 4.59. The maximum absolute atomic E-state index is 13.6. The van der Waals surface area contributed by atoms with Gasteiger partial charge in [0, 0.05) is 24.6 Å². The maximum atomic E-state index is 13.6. The zero-order valence-corrected chi connectivity index (χ0v) is 20.4. The summed E-state index contributed by atoms with van der Waals surface area (Å²) in [7, 11) is 1.53. The Labute approximate surface area is 204 Å². The molecule has 3 fully saturated rings. The Morgan fingerprint density at radius 3 is 2.14 bits per heavy atom. The van der Waals surface area contributed by atoms with Crippen LogP contribution in [0, 0.1) is 29.6 Å². The van der Waals surface area contributed by atoms with Crippen LogP contribution in [0.1, 0.15) is 51.0 Å². The summed E-state index contributed by atoms with van der Waals surface area (Å²) in [4.78, 5) is 56.3. The summed E-state index contributed by atoms with van der Waals surface area (Å²) >= 11 is 0. The zero-order valence-electron chi connectivity index (χ0n) is 20.4. The number of likely N-dealkylation sites (tertiary alicyclic amines) is 2. The molecule has 2 saturated heterocycles. The van der Waals surface area contributed by atoms with Crippen molar-refractivity contribution in [2.24, 2.45) is 29.6 Å². The number of nitrogens with zero attached hydrogens (tertiary/aromatic N) is 2. The van der Waals surface area contributed by atoms with Crippen molar-refractivity contribution in [3.8, 4) is 11.5 Å². The lowest BCUT2D eigenvalue weighted by atomic mass is 9.57. The molecule has 2 heterocycles. The number of methoxy groups -OCH3 is 1. The molecule has 0 bridgehead atoms. The molecule has 5 rings (SSSR count). The number of amides is 4. The Kier molecular flexibility index (Phi) is 5.93. The number of phenols is 1. The molecule has 6 atom stereocenters. The topological polar surface area (TPSA) is 104 Å². The molecule has 2 aliphatic heterocycles. The largest absolute Gasteiger partial charge is 0.508 e. The van der Waals surface area contributed by atoms with Crippen molar-refractivity contribution in [2.75, 3.05) is 20.2 Å². The van der Waals surface area contributed by atoms with Gasteiger partial charge in [-0.15, -0.1) is 0 Å². The maximum Gasteiger partial charge on any atom is 0.234 e. The average Bonchev–Trinajstić information content (AvgIpc) is 3.24. The summed E-state index contributed by atoms with van der Waals surface area (Å²) in [5.74, 6) is -3.28. The minimum atomic E-state index is -0.648. The first-order valence-corrected chi connectivity index (χ1v) is 12.6. The van der Waals surface area contributed by atoms with Crippen molar-refractivity contribution in [2.45, 2.75) is 45.4 Å². The summed E-state index contributed by atoms with van der Waals surface area (Å²) in [5.41, 5.74) is 1.41. The molecule has 2 aliphatic carbocycles. The van der Waals surface area contributed by atoms with Crippen molar-refractivity contribution in [3.63, 3.8) is 0 Å². The number of benzene rings is 1. The predicted molar refractivity (Wildman–Crippen MR) is 126 cm³/mol. The van der Waals surface area contributed by atoms with Crippen LogP contribution in [0.25, 0.3) is 0 Å². The number of aromatic hydroxyl groups is 1. The van der Waals surface area contributed by atoms with Crippen molar-refractivity contribution in [1.82, 2.24) is 9.80 Å². The number of carbonyl (C=O) groups excluding carboxylic acids is 4. The highest BCUT2D eigenvalue weighted by molar-refractivity contribution is 6.08. The molecular formula is C27H32N2O6. The van der Waals surface area contributed by atoms with Gasteiger partial charge in [-0.1, -0.05) is 25.5 Å². The lowest BCUT2D eigenvalue weighted by molar-refractivity contribution is -0.142. The molecule has 0 radical (unpaired) electrons. The van der Waals surface area contributed by atoms with Crippen LogP contribution in [-0.2, 0) is 19.2 Å². The van der Waals surface area contributed by atoms with Gasteiger partial charge in [0.05, 0.1) is 30.8 Å². The van der Waals surface area contributed by atoms with E-state index in [0.29, 0.717) is 50.1 Å². The van der Waals surface area contributed by atoms with Crippen LogP contribution in [0.3, 0.4) is 0 Å². The molecule has 0 aromatic heterocycles. The van der Waals surface area contributed by atoms with Crippen LogP contribution in [-0.4, -0.2) is 58.7 Å². The molecule has 4 amide bonds. The van der Waals surface area contributed by atoms with Gasteiger partial charge in [-0.25, -0.2) is 0 Å². The van der Waals surface area contributed by atoms with Gasteiger partial charge < -0.3 is 9.84 Å². The van der Waals surface area contributed by atoms with E-state index in [0.717, 1.165) is 5.57 Å². The number of fused-ring (bicyclic) bond motifs is 4. The Hall–Kier alpha value is -3.16. The van der Waals surface area contributed by atoms with Crippen molar-refractivity contribution in [3.05, 3.63) is 35.4 Å². The third-order valence-corrected chi connectivity index (χ3v) is 8.30. The third kappa shape index (κ3) is 3.40. The summed E-state index contributed by atoms with van der Waals surface area (Å²) in [5, 5.41) is 10.9. The molecule has 35 heavy (non-hydrogen) atoms.